The number of anilines is 2. The van der Waals surface area contributed by atoms with Gasteiger partial charge < -0.3 is 24.6 Å². The lowest BCUT2D eigenvalue weighted by Gasteiger charge is -2.15. The molecule has 154 valence electrons. The Morgan fingerprint density at radius 1 is 1.20 bits per heavy atom. The van der Waals surface area contributed by atoms with E-state index in [4.69, 9.17) is 20.9 Å². The van der Waals surface area contributed by atoms with Gasteiger partial charge in [-0.2, -0.15) is 0 Å². The molecule has 0 radical (unpaired) electrons. The van der Waals surface area contributed by atoms with Crippen LogP contribution in [0.2, 0.25) is 5.02 Å². The number of nitrogens with one attached hydrogen (secondary N) is 1. The summed E-state index contributed by atoms with van der Waals surface area (Å²) in [5.41, 5.74) is 2.08. The summed E-state index contributed by atoms with van der Waals surface area (Å²) in [6, 6.07) is 9.21. The molecule has 0 atom stereocenters. The number of aliphatic hydroxyl groups is 1. The molecule has 2 aromatic carbocycles. The number of hydrogen-bond donors (Lipinski definition) is 2. The van der Waals surface area contributed by atoms with Crippen LogP contribution in [0.1, 0.15) is 11.3 Å². The second kappa shape index (κ2) is 7.38. The summed E-state index contributed by atoms with van der Waals surface area (Å²) < 4.78 is 24.8. The fourth-order valence-corrected chi connectivity index (χ4v) is 3.49. The van der Waals surface area contributed by atoms with Gasteiger partial charge in [0.25, 0.3) is 11.8 Å². The summed E-state index contributed by atoms with van der Waals surface area (Å²) in [6.07, 6.45) is 0. The van der Waals surface area contributed by atoms with Gasteiger partial charge in [0.1, 0.15) is 5.82 Å². The molecule has 0 bridgehead atoms. The molecule has 4 rings (SSSR count). The number of hydrogen-bond acceptors (Lipinski definition) is 6. The third-order valence-corrected chi connectivity index (χ3v) is 5.09. The molecule has 1 amide bonds. The molecule has 7 nitrogen and oxygen atoms in total. The molecule has 0 saturated carbocycles. The molecule has 1 aromatic heterocycles. The first kappa shape index (κ1) is 19.8. The smallest absolute Gasteiger partial charge is 0.260 e. The minimum absolute atomic E-state index is 0.0351. The summed E-state index contributed by atoms with van der Waals surface area (Å²) in [4.78, 5) is 14.3. The fraction of sp³-hybridized carbons (Fsp3) is 0.143. The van der Waals surface area contributed by atoms with E-state index in [-0.39, 0.29) is 27.8 Å². The minimum Gasteiger partial charge on any atom is -0.504 e. The Bertz CT molecular complexity index is 1200. The van der Waals surface area contributed by atoms with E-state index in [9.17, 15) is 14.3 Å². The highest BCUT2D eigenvalue weighted by Crippen LogP contribution is 2.43. The first-order valence-electron chi connectivity index (χ1n) is 8.87. The predicted molar refractivity (Wildman–Crippen MR) is 112 cm³/mol. The number of methoxy groups -OCH3 is 1. The summed E-state index contributed by atoms with van der Waals surface area (Å²) in [5, 5.41) is 17.2. The Balaban J connectivity index is 1.86. The molecule has 30 heavy (non-hydrogen) atoms. The number of carbonyl (C=O) groups is 1. The van der Waals surface area contributed by atoms with Crippen LogP contribution in [0.15, 0.2) is 40.9 Å². The number of halogens is 2. The topological polar surface area (TPSA) is 87.8 Å². The molecule has 3 aromatic rings. The number of amides is 1. The van der Waals surface area contributed by atoms with Crippen LogP contribution in [0.5, 0.6) is 5.88 Å². The lowest BCUT2D eigenvalue weighted by atomic mass is 9.97. The lowest BCUT2D eigenvalue weighted by molar-refractivity contribution is -0.110. The van der Waals surface area contributed by atoms with Gasteiger partial charge >= 0.3 is 0 Å². The van der Waals surface area contributed by atoms with Gasteiger partial charge in [-0.25, -0.2) is 4.39 Å². The van der Waals surface area contributed by atoms with Crippen molar-refractivity contribution in [2.24, 2.45) is 0 Å². The molecular weight excluding hydrogens is 413 g/mol. The SMILES string of the molecule is COc1cc(C(O)=C2C(=O)Nc3cc(Cl)c(-c4ccc(N(C)C)cc4F)cc32)on1. The average molecular weight is 430 g/mol. The van der Waals surface area contributed by atoms with Crippen LogP contribution in [0, 0.1) is 5.82 Å². The molecule has 9 heteroatoms. The quantitative estimate of drug-likeness (QED) is 0.466. The van der Waals surface area contributed by atoms with Gasteiger partial charge in [0.05, 0.1) is 29.5 Å². The Kier molecular flexibility index (Phi) is 4.87. The molecular formula is C21H17ClFN3O4. The summed E-state index contributed by atoms with van der Waals surface area (Å²) in [5.74, 6) is -1.32. The summed E-state index contributed by atoms with van der Waals surface area (Å²) >= 11 is 6.38. The van der Waals surface area contributed by atoms with E-state index in [1.54, 1.807) is 23.1 Å². The lowest BCUT2D eigenvalue weighted by Crippen LogP contribution is -2.08. The number of benzene rings is 2. The molecule has 2 heterocycles. The van der Waals surface area contributed by atoms with Gasteiger partial charge in [-0.05, 0) is 35.5 Å². The molecule has 2 N–H and O–H groups in total. The van der Waals surface area contributed by atoms with Crippen molar-refractivity contribution in [1.29, 1.82) is 0 Å². The zero-order valence-corrected chi connectivity index (χ0v) is 17.0. The van der Waals surface area contributed by atoms with Gasteiger partial charge in [-0.15, -0.1) is 0 Å². The van der Waals surface area contributed by atoms with Gasteiger partial charge in [0.2, 0.25) is 5.76 Å². The van der Waals surface area contributed by atoms with Gasteiger partial charge in [0.15, 0.2) is 5.76 Å². The first-order valence-corrected chi connectivity index (χ1v) is 9.24. The van der Waals surface area contributed by atoms with Crippen LogP contribution < -0.4 is 15.0 Å². The molecule has 0 saturated heterocycles. The van der Waals surface area contributed by atoms with E-state index < -0.39 is 17.5 Å². The number of fused-ring (bicyclic) bond motifs is 1. The maximum atomic E-state index is 14.8. The highest BCUT2D eigenvalue weighted by molar-refractivity contribution is 6.38. The first-order chi connectivity index (χ1) is 14.3. The third kappa shape index (κ3) is 3.25. The number of carbonyl (C=O) groups excluding carboxylic acids is 1. The van der Waals surface area contributed by atoms with Crippen molar-refractivity contribution in [1.82, 2.24) is 5.16 Å². The predicted octanol–water partition coefficient (Wildman–Crippen LogP) is 4.59. The molecule has 0 spiro atoms. The summed E-state index contributed by atoms with van der Waals surface area (Å²) in [6.45, 7) is 0. The second-order valence-corrected chi connectivity index (χ2v) is 7.25. The summed E-state index contributed by atoms with van der Waals surface area (Å²) in [7, 11) is 5.02. The van der Waals surface area contributed by atoms with E-state index >= 15 is 0 Å². The standard InChI is InChI=1S/C21H17ClFN3O4/c1-26(2)10-4-5-11(15(23)6-10)12-7-13-16(8-14(12)22)24-21(28)19(13)20(27)17-9-18(29-3)25-30-17/h4-9,27H,1-3H3,(H,24,28). The van der Waals surface area contributed by atoms with E-state index in [1.807, 2.05) is 14.1 Å². The highest BCUT2D eigenvalue weighted by Gasteiger charge is 2.31. The average Bonchev–Trinajstić information content (AvgIpc) is 3.30. The van der Waals surface area contributed by atoms with E-state index in [0.29, 0.717) is 22.5 Å². The minimum atomic E-state index is -0.547. The molecule has 1 aliphatic heterocycles. The monoisotopic (exact) mass is 429 g/mol. The van der Waals surface area contributed by atoms with E-state index in [0.717, 1.165) is 0 Å². The van der Waals surface area contributed by atoms with E-state index in [1.165, 1.54) is 25.3 Å². The Morgan fingerprint density at radius 3 is 2.60 bits per heavy atom. The number of aliphatic hydroxyl groups excluding tert-OH is 1. The number of aromatic nitrogens is 1. The molecule has 0 aliphatic carbocycles. The Hall–Kier alpha value is -3.52. The van der Waals surface area contributed by atoms with Crippen molar-refractivity contribution in [2.45, 2.75) is 0 Å². The number of nitrogens with zero attached hydrogens (tertiary/aromatic N) is 2. The van der Waals surface area contributed by atoms with Crippen LogP contribution in [0.25, 0.3) is 22.5 Å². The second-order valence-electron chi connectivity index (χ2n) is 6.85. The largest absolute Gasteiger partial charge is 0.504 e. The van der Waals surface area contributed by atoms with Gasteiger partial charge in [0, 0.05) is 36.5 Å². The fourth-order valence-electron chi connectivity index (χ4n) is 3.22. The van der Waals surface area contributed by atoms with Gasteiger partial charge in [-0.1, -0.05) is 11.6 Å². The van der Waals surface area contributed by atoms with Crippen LogP contribution in [-0.2, 0) is 4.79 Å². The van der Waals surface area contributed by atoms with Crippen molar-refractivity contribution >= 4 is 40.2 Å². The maximum absolute atomic E-state index is 14.8. The van der Waals surface area contributed by atoms with Crippen molar-refractivity contribution in [2.75, 3.05) is 31.4 Å². The molecule has 1 aliphatic rings. The van der Waals surface area contributed by atoms with E-state index in [2.05, 4.69) is 10.5 Å². The van der Waals surface area contributed by atoms with Crippen molar-refractivity contribution in [3.63, 3.8) is 0 Å². The number of rotatable bonds is 4. The normalized spacial score (nSPS) is 14.4. The maximum Gasteiger partial charge on any atom is 0.260 e. The molecule has 0 unspecified atom stereocenters. The molecule has 0 fully saturated rings. The van der Waals surface area contributed by atoms with Crippen molar-refractivity contribution in [3.8, 4) is 17.0 Å². The number of ether oxygens (including phenoxy) is 1. The van der Waals surface area contributed by atoms with Crippen LogP contribution >= 0.6 is 11.6 Å². The zero-order chi connectivity index (χ0) is 21.6. The Morgan fingerprint density at radius 2 is 1.97 bits per heavy atom. The Labute approximate surface area is 176 Å². The zero-order valence-electron chi connectivity index (χ0n) is 16.3. The van der Waals surface area contributed by atoms with Crippen LogP contribution in [0.4, 0.5) is 15.8 Å². The van der Waals surface area contributed by atoms with Crippen LogP contribution in [-0.4, -0.2) is 37.4 Å². The highest BCUT2D eigenvalue weighted by atomic mass is 35.5. The van der Waals surface area contributed by atoms with Crippen molar-refractivity contribution in [3.05, 3.63) is 58.6 Å². The van der Waals surface area contributed by atoms with Crippen molar-refractivity contribution < 1.29 is 23.6 Å². The van der Waals surface area contributed by atoms with Crippen LogP contribution in [0.3, 0.4) is 0 Å². The third-order valence-electron chi connectivity index (χ3n) is 4.78. The van der Waals surface area contributed by atoms with Gasteiger partial charge in [-0.3, -0.25) is 4.79 Å².